The summed E-state index contributed by atoms with van der Waals surface area (Å²) in [4.78, 5) is 0. The smallest absolute Gasteiger partial charge is 0.387 e. The summed E-state index contributed by atoms with van der Waals surface area (Å²) < 4.78 is 28.5. The molecule has 2 aromatic carbocycles. The molecular weight excluding hydrogens is 307 g/mol. The van der Waals surface area contributed by atoms with Crippen molar-refractivity contribution in [2.75, 3.05) is 5.32 Å². The van der Waals surface area contributed by atoms with Crippen LogP contribution in [-0.2, 0) is 6.54 Å². The molecule has 0 atom stereocenters. The summed E-state index contributed by atoms with van der Waals surface area (Å²) in [6, 6.07) is 11.9. The number of alkyl halides is 2. The third-order valence-electron chi connectivity index (χ3n) is 2.56. The molecule has 0 aromatic heterocycles. The van der Waals surface area contributed by atoms with Gasteiger partial charge in [0.25, 0.3) is 0 Å². The van der Waals surface area contributed by atoms with Crippen molar-refractivity contribution >= 4 is 28.9 Å². The van der Waals surface area contributed by atoms with E-state index in [-0.39, 0.29) is 10.8 Å². The molecule has 0 aliphatic rings. The largest absolute Gasteiger partial charge is 0.433 e. The topological polar surface area (TPSA) is 21.3 Å². The lowest BCUT2D eigenvalue weighted by Crippen LogP contribution is -2.03. The SMILES string of the molecule is FC(F)Oc1ccc(NCc2ccc(Cl)cc2)cc1Cl. The van der Waals surface area contributed by atoms with Gasteiger partial charge < -0.3 is 10.1 Å². The molecule has 0 heterocycles. The normalized spacial score (nSPS) is 10.7. The molecule has 0 fully saturated rings. The Balaban J connectivity index is 1.99. The molecule has 0 amide bonds. The van der Waals surface area contributed by atoms with Crippen molar-refractivity contribution in [1.29, 1.82) is 0 Å². The van der Waals surface area contributed by atoms with Crippen LogP contribution < -0.4 is 10.1 Å². The Labute approximate surface area is 125 Å². The predicted octanol–water partition coefficient (Wildman–Crippen LogP) is 5.21. The highest BCUT2D eigenvalue weighted by Gasteiger charge is 2.08. The Hall–Kier alpha value is -1.52. The van der Waals surface area contributed by atoms with Gasteiger partial charge >= 0.3 is 6.61 Å². The van der Waals surface area contributed by atoms with Gasteiger partial charge in [-0.1, -0.05) is 35.3 Å². The molecule has 20 heavy (non-hydrogen) atoms. The highest BCUT2D eigenvalue weighted by molar-refractivity contribution is 6.32. The maximum Gasteiger partial charge on any atom is 0.387 e. The Morgan fingerprint density at radius 2 is 1.75 bits per heavy atom. The van der Waals surface area contributed by atoms with E-state index in [1.54, 1.807) is 18.2 Å². The summed E-state index contributed by atoms with van der Waals surface area (Å²) in [6.07, 6.45) is 0. The van der Waals surface area contributed by atoms with Crippen LogP contribution in [0.1, 0.15) is 5.56 Å². The summed E-state index contributed by atoms with van der Waals surface area (Å²) in [7, 11) is 0. The van der Waals surface area contributed by atoms with Crippen LogP contribution in [0.5, 0.6) is 5.75 Å². The van der Waals surface area contributed by atoms with E-state index in [9.17, 15) is 8.78 Å². The fraction of sp³-hybridized carbons (Fsp3) is 0.143. The number of ether oxygens (including phenoxy) is 1. The number of halogens is 4. The van der Waals surface area contributed by atoms with Gasteiger partial charge in [0.05, 0.1) is 5.02 Å². The quantitative estimate of drug-likeness (QED) is 0.817. The van der Waals surface area contributed by atoms with Gasteiger partial charge in [-0.15, -0.1) is 0 Å². The Kier molecular flexibility index (Phi) is 5.04. The number of benzene rings is 2. The highest BCUT2D eigenvalue weighted by atomic mass is 35.5. The van der Waals surface area contributed by atoms with Crippen molar-refractivity contribution in [2.24, 2.45) is 0 Å². The molecule has 1 N–H and O–H groups in total. The first kappa shape index (κ1) is 14.9. The molecule has 0 saturated carbocycles. The molecule has 6 heteroatoms. The molecule has 2 nitrogen and oxygen atoms in total. The molecule has 0 aliphatic carbocycles. The van der Waals surface area contributed by atoms with Crippen LogP contribution in [0, 0.1) is 0 Å². The number of nitrogens with one attached hydrogen (secondary N) is 1. The third kappa shape index (κ3) is 4.25. The number of rotatable bonds is 5. The Bertz CT molecular complexity index is 576. The maximum atomic E-state index is 12.1. The lowest BCUT2D eigenvalue weighted by atomic mass is 10.2. The van der Waals surface area contributed by atoms with Crippen LogP contribution in [-0.4, -0.2) is 6.61 Å². The average Bonchev–Trinajstić information content (AvgIpc) is 2.40. The van der Waals surface area contributed by atoms with Crippen molar-refractivity contribution in [3.63, 3.8) is 0 Å². The number of hydrogen-bond donors (Lipinski definition) is 1. The average molecular weight is 318 g/mol. The first-order valence-electron chi connectivity index (χ1n) is 5.77. The van der Waals surface area contributed by atoms with Gasteiger partial charge in [-0.2, -0.15) is 8.78 Å². The van der Waals surface area contributed by atoms with E-state index in [0.717, 1.165) is 5.56 Å². The first-order chi connectivity index (χ1) is 9.54. The number of anilines is 1. The lowest BCUT2D eigenvalue weighted by molar-refractivity contribution is -0.0497. The van der Waals surface area contributed by atoms with E-state index in [1.165, 1.54) is 12.1 Å². The molecule has 0 unspecified atom stereocenters. The highest BCUT2D eigenvalue weighted by Crippen LogP contribution is 2.29. The van der Waals surface area contributed by atoms with Crippen LogP contribution in [0.25, 0.3) is 0 Å². The van der Waals surface area contributed by atoms with Gasteiger partial charge in [-0.05, 0) is 35.9 Å². The van der Waals surface area contributed by atoms with Crippen LogP contribution in [0.3, 0.4) is 0 Å². The summed E-state index contributed by atoms with van der Waals surface area (Å²) in [5, 5.41) is 3.93. The Morgan fingerprint density at radius 3 is 2.35 bits per heavy atom. The molecule has 106 valence electrons. The minimum absolute atomic E-state index is 0.0429. The zero-order chi connectivity index (χ0) is 14.5. The minimum Gasteiger partial charge on any atom is -0.433 e. The predicted molar refractivity (Wildman–Crippen MR) is 76.9 cm³/mol. The van der Waals surface area contributed by atoms with Crippen LogP contribution in [0.4, 0.5) is 14.5 Å². The molecule has 2 rings (SSSR count). The zero-order valence-electron chi connectivity index (χ0n) is 10.2. The standard InChI is InChI=1S/C14H11Cl2F2NO/c15-10-3-1-9(2-4-10)8-19-11-5-6-13(12(16)7-11)20-14(17)18/h1-7,14,19H,8H2. The summed E-state index contributed by atoms with van der Waals surface area (Å²) in [5.74, 6) is -0.0429. The van der Waals surface area contributed by atoms with E-state index in [4.69, 9.17) is 23.2 Å². The third-order valence-corrected chi connectivity index (χ3v) is 3.11. The lowest BCUT2D eigenvalue weighted by Gasteiger charge is -2.10. The van der Waals surface area contributed by atoms with E-state index in [1.807, 2.05) is 12.1 Å². The van der Waals surface area contributed by atoms with Gasteiger partial charge in [-0.25, -0.2) is 0 Å². The van der Waals surface area contributed by atoms with E-state index >= 15 is 0 Å². The fourth-order valence-corrected chi connectivity index (χ4v) is 1.96. The molecule has 0 spiro atoms. The minimum atomic E-state index is -2.89. The van der Waals surface area contributed by atoms with E-state index in [0.29, 0.717) is 17.3 Å². The van der Waals surface area contributed by atoms with Gasteiger partial charge in [-0.3, -0.25) is 0 Å². The van der Waals surface area contributed by atoms with Gasteiger partial charge in [0.1, 0.15) is 5.75 Å². The van der Waals surface area contributed by atoms with Crippen molar-refractivity contribution in [3.05, 3.63) is 58.1 Å². The fourth-order valence-electron chi connectivity index (χ4n) is 1.61. The maximum absolute atomic E-state index is 12.1. The van der Waals surface area contributed by atoms with Crippen molar-refractivity contribution in [2.45, 2.75) is 13.2 Å². The molecule has 0 aliphatic heterocycles. The van der Waals surface area contributed by atoms with Gasteiger partial charge in [0, 0.05) is 17.3 Å². The molecular formula is C14H11Cl2F2NO. The summed E-state index contributed by atoms with van der Waals surface area (Å²) >= 11 is 11.7. The van der Waals surface area contributed by atoms with Crippen molar-refractivity contribution in [3.8, 4) is 5.75 Å². The molecule has 0 bridgehead atoms. The number of hydrogen-bond acceptors (Lipinski definition) is 2. The second kappa shape index (κ2) is 6.77. The van der Waals surface area contributed by atoms with Crippen LogP contribution >= 0.6 is 23.2 Å². The Morgan fingerprint density at radius 1 is 1.05 bits per heavy atom. The summed E-state index contributed by atoms with van der Waals surface area (Å²) in [6.45, 7) is -2.32. The molecule has 2 aromatic rings. The molecule has 0 radical (unpaired) electrons. The monoisotopic (exact) mass is 317 g/mol. The second-order valence-electron chi connectivity index (χ2n) is 4.00. The first-order valence-corrected chi connectivity index (χ1v) is 6.53. The van der Waals surface area contributed by atoms with Crippen molar-refractivity contribution < 1.29 is 13.5 Å². The van der Waals surface area contributed by atoms with Gasteiger partial charge in [0.2, 0.25) is 0 Å². The molecule has 0 saturated heterocycles. The zero-order valence-corrected chi connectivity index (χ0v) is 11.8. The van der Waals surface area contributed by atoms with Crippen LogP contribution in [0.2, 0.25) is 10.0 Å². The van der Waals surface area contributed by atoms with Crippen molar-refractivity contribution in [1.82, 2.24) is 0 Å². The van der Waals surface area contributed by atoms with E-state index in [2.05, 4.69) is 10.1 Å². The van der Waals surface area contributed by atoms with E-state index < -0.39 is 6.61 Å². The van der Waals surface area contributed by atoms with Crippen LogP contribution in [0.15, 0.2) is 42.5 Å². The second-order valence-corrected chi connectivity index (χ2v) is 4.85. The summed E-state index contributed by atoms with van der Waals surface area (Å²) in [5.41, 5.74) is 1.75. The van der Waals surface area contributed by atoms with Gasteiger partial charge in [0.15, 0.2) is 0 Å².